The van der Waals surface area contributed by atoms with Crippen molar-refractivity contribution in [3.05, 3.63) is 60.2 Å². The molecule has 11 heteroatoms. The van der Waals surface area contributed by atoms with E-state index in [0.717, 1.165) is 11.1 Å². The third-order valence-corrected chi connectivity index (χ3v) is 4.46. The van der Waals surface area contributed by atoms with Gasteiger partial charge in [0, 0.05) is 37.2 Å². The molecule has 0 atom stereocenters. The van der Waals surface area contributed by atoms with Gasteiger partial charge in [-0.25, -0.2) is 19.9 Å². The summed E-state index contributed by atoms with van der Waals surface area (Å²) in [5.74, 6) is 1.53. The van der Waals surface area contributed by atoms with Crippen molar-refractivity contribution in [2.75, 3.05) is 29.5 Å². The van der Waals surface area contributed by atoms with E-state index in [2.05, 4.69) is 46.6 Å². The Morgan fingerprint density at radius 2 is 1.62 bits per heavy atom. The highest BCUT2D eigenvalue weighted by Crippen LogP contribution is 2.29. The molecule has 1 aromatic carbocycles. The normalized spacial score (nSPS) is 10.2. The largest absolute Gasteiger partial charge is 0.382 e. The van der Waals surface area contributed by atoms with Gasteiger partial charge in [0.25, 0.3) is 0 Å². The van der Waals surface area contributed by atoms with E-state index >= 15 is 0 Å². The number of nitrogens with two attached hydrogens (primary N) is 1. The minimum absolute atomic E-state index is 0.127. The number of imidazole rings is 1. The molecule has 0 unspecified atom stereocenters. The lowest BCUT2D eigenvalue weighted by Gasteiger charge is -2.11. The van der Waals surface area contributed by atoms with Gasteiger partial charge >= 0.3 is 0 Å². The van der Waals surface area contributed by atoms with Crippen LogP contribution in [0.1, 0.15) is 11.1 Å². The molecule has 32 heavy (non-hydrogen) atoms. The summed E-state index contributed by atoms with van der Waals surface area (Å²) < 4.78 is 0. The zero-order valence-electron chi connectivity index (χ0n) is 16.7. The van der Waals surface area contributed by atoms with Gasteiger partial charge in [-0.2, -0.15) is 15.5 Å². The van der Waals surface area contributed by atoms with Crippen molar-refractivity contribution in [1.82, 2.24) is 29.9 Å². The molecule has 3 heterocycles. The fraction of sp³-hybridized carbons (Fsp3) is 0.0952. The lowest BCUT2D eigenvalue weighted by molar-refractivity contribution is 0.999. The number of hydrogen-bond donors (Lipinski definition) is 4. The summed E-state index contributed by atoms with van der Waals surface area (Å²) in [6.45, 7) is 0.955. The monoisotopic (exact) mass is 423 g/mol. The minimum atomic E-state index is 0.127. The highest BCUT2D eigenvalue weighted by atomic mass is 15.1. The third kappa shape index (κ3) is 4.42. The van der Waals surface area contributed by atoms with Crippen LogP contribution in [0.15, 0.2) is 49.1 Å². The van der Waals surface area contributed by atoms with Gasteiger partial charge in [0.1, 0.15) is 23.3 Å². The number of anilines is 3. The molecule has 0 saturated heterocycles. The van der Waals surface area contributed by atoms with E-state index in [4.69, 9.17) is 16.3 Å². The predicted octanol–water partition coefficient (Wildman–Crippen LogP) is 2.17. The summed E-state index contributed by atoms with van der Waals surface area (Å²) in [5.41, 5.74) is 8.75. The van der Waals surface area contributed by atoms with Gasteiger partial charge in [-0.3, -0.25) is 0 Å². The molecule has 0 bridgehead atoms. The molecule has 0 aliphatic rings. The number of nitrogens with one attached hydrogen (secondary N) is 3. The first-order chi connectivity index (χ1) is 15.7. The number of benzene rings is 1. The molecule has 0 aliphatic heterocycles. The number of H-pyrrole nitrogens is 1. The van der Waals surface area contributed by atoms with Crippen LogP contribution in [0, 0.1) is 22.7 Å². The van der Waals surface area contributed by atoms with Gasteiger partial charge in [-0.15, -0.1) is 0 Å². The number of aromatic amines is 1. The first-order valence-electron chi connectivity index (χ1n) is 9.55. The molecule has 156 valence electrons. The molecular weight excluding hydrogens is 406 g/mol. The molecule has 0 saturated carbocycles. The maximum Gasteiger partial charge on any atom is 0.224 e. The Bertz CT molecular complexity index is 1300. The number of nitrogen functional groups attached to an aromatic ring is 1. The standard InChI is InChI=1S/C21H17N11/c22-9-13-1-3-14(4-2-13)17-16(19-25-5-6-26-19)12-30-20(31-17)27-7-8-28-21-29-11-15(10-23)18(24)32-21/h1-6,11-12H,7-8H2,(H,25,26)(H,27,30,31)(H3,24,28,29,32). The lowest BCUT2D eigenvalue weighted by atomic mass is 10.1. The van der Waals surface area contributed by atoms with Crippen molar-refractivity contribution in [1.29, 1.82) is 10.5 Å². The number of nitriles is 2. The van der Waals surface area contributed by atoms with Crippen molar-refractivity contribution in [3.63, 3.8) is 0 Å². The fourth-order valence-electron chi connectivity index (χ4n) is 2.89. The van der Waals surface area contributed by atoms with E-state index in [0.29, 0.717) is 42.1 Å². The Hall–Kier alpha value is -5.03. The topological polar surface area (TPSA) is 178 Å². The number of rotatable bonds is 7. The first kappa shape index (κ1) is 20.3. The van der Waals surface area contributed by atoms with Crippen molar-refractivity contribution < 1.29 is 0 Å². The van der Waals surface area contributed by atoms with Gasteiger partial charge in [-0.1, -0.05) is 12.1 Å². The van der Waals surface area contributed by atoms with Crippen molar-refractivity contribution in [3.8, 4) is 34.8 Å². The molecule has 0 amide bonds. The van der Waals surface area contributed by atoms with Crippen LogP contribution in [0.5, 0.6) is 0 Å². The van der Waals surface area contributed by atoms with E-state index in [9.17, 15) is 0 Å². The summed E-state index contributed by atoms with van der Waals surface area (Å²) in [6, 6.07) is 11.2. The summed E-state index contributed by atoms with van der Waals surface area (Å²) in [7, 11) is 0. The number of nitrogens with zero attached hydrogens (tertiary/aromatic N) is 7. The van der Waals surface area contributed by atoms with Gasteiger partial charge in [0.2, 0.25) is 11.9 Å². The quantitative estimate of drug-likeness (QED) is 0.322. The first-order valence-corrected chi connectivity index (χ1v) is 9.55. The maximum absolute atomic E-state index is 9.06. The zero-order valence-corrected chi connectivity index (χ0v) is 16.7. The molecule has 5 N–H and O–H groups in total. The van der Waals surface area contributed by atoms with Gasteiger partial charge in [-0.05, 0) is 12.1 Å². The Morgan fingerprint density at radius 3 is 2.25 bits per heavy atom. The van der Waals surface area contributed by atoms with Crippen LogP contribution in [0.2, 0.25) is 0 Å². The van der Waals surface area contributed by atoms with Gasteiger partial charge in [0.15, 0.2) is 0 Å². The van der Waals surface area contributed by atoms with Crippen LogP contribution in [0.3, 0.4) is 0 Å². The second kappa shape index (κ2) is 9.19. The Kier molecular flexibility index (Phi) is 5.82. The molecule has 4 rings (SSSR count). The average Bonchev–Trinajstić information content (AvgIpc) is 3.37. The van der Waals surface area contributed by atoms with E-state index in [-0.39, 0.29) is 11.4 Å². The summed E-state index contributed by atoms with van der Waals surface area (Å²) in [5, 5.41) is 24.1. The third-order valence-electron chi connectivity index (χ3n) is 4.46. The molecule has 0 spiro atoms. The number of aromatic nitrogens is 6. The zero-order chi connectivity index (χ0) is 22.3. The molecule has 0 aliphatic carbocycles. The molecular formula is C21H17N11. The molecule has 0 radical (unpaired) electrons. The highest BCUT2D eigenvalue weighted by Gasteiger charge is 2.13. The van der Waals surface area contributed by atoms with Crippen LogP contribution in [-0.4, -0.2) is 43.0 Å². The smallest absolute Gasteiger partial charge is 0.224 e. The van der Waals surface area contributed by atoms with Crippen LogP contribution in [-0.2, 0) is 0 Å². The van der Waals surface area contributed by atoms with Crippen LogP contribution in [0.4, 0.5) is 17.7 Å². The average molecular weight is 423 g/mol. The van der Waals surface area contributed by atoms with E-state index in [1.165, 1.54) is 6.20 Å². The Balaban J connectivity index is 1.49. The molecule has 0 fully saturated rings. The predicted molar refractivity (Wildman–Crippen MR) is 118 cm³/mol. The Morgan fingerprint density at radius 1 is 0.906 bits per heavy atom. The van der Waals surface area contributed by atoms with Gasteiger partial charge < -0.3 is 21.4 Å². The van der Waals surface area contributed by atoms with Crippen LogP contribution < -0.4 is 16.4 Å². The van der Waals surface area contributed by atoms with E-state index in [1.807, 2.05) is 18.2 Å². The fourth-order valence-corrected chi connectivity index (χ4v) is 2.89. The molecule has 4 aromatic rings. The summed E-state index contributed by atoms with van der Waals surface area (Å²) in [4.78, 5) is 24.5. The van der Waals surface area contributed by atoms with Crippen molar-refractivity contribution in [2.24, 2.45) is 0 Å². The number of hydrogen-bond acceptors (Lipinski definition) is 10. The summed E-state index contributed by atoms with van der Waals surface area (Å²) >= 11 is 0. The second-order valence-corrected chi connectivity index (χ2v) is 6.54. The SMILES string of the molecule is N#Cc1ccc(-c2nc(NCCNc3ncc(C#N)c(N)n3)ncc2-c2ncc[nH]2)cc1. The van der Waals surface area contributed by atoms with E-state index in [1.54, 1.807) is 30.7 Å². The van der Waals surface area contributed by atoms with Crippen molar-refractivity contribution in [2.45, 2.75) is 0 Å². The van der Waals surface area contributed by atoms with Gasteiger partial charge in [0.05, 0.1) is 29.1 Å². The Labute approximate surface area is 183 Å². The van der Waals surface area contributed by atoms with Crippen molar-refractivity contribution >= 4 is 17.7 Å². The molecule has 11 nitrogen and oxygen atoms in total. The summed E-state index contributed by atoms with van der Waals surface area (Å²) in [6.07, 6.45) is 6.46. The van der Waals surface area contributed by atoms with Crippen LogP contribution >= 0.6 is 0 Å². The maximum atomic E-state index is 9.06. The minimum Gasteiger partial charge on any atom is -0.382 e. The van der Waals surface area contributed by atoms with E-state index < -0.39 is 0 Å². The molecule has 3 aromatic heterocycles. The second-order valence-electron chi connectivity index (χ2n) is 6.54. The lowest BCUT2D eigenvalue weighted by Crippen LogP contribution is -2.17. The highest BCUT2D eigenvalue weighted by molar-refractivity contribution is 5.77. The van der Waals surface area contributed by atoms with Crippen LogP contribution in [0.25, 0.3) is 22.6 Å².